The number of ether oxygens (including phenoxy) is 3. The van der Waals surface area contributed by atoms with E-state index in [0.29, 0.717) is 37.8 Å². The van der Waals surface area contributed by atoms with Crippen molar-refractivity contribution in [2.75, 3.05) is 40.5 Å². The van der Waals surface area contributed by atoms with E-state index in [1.807, 2.05) is 0 Å². The zero-order valence-corrected chi connectivity index (χ0v) is 13.9. The van der Waals surface area contributed by atoms with E-state index < -0.39 is 16.3 Å². The number of benzene rings is 1. The smallest absolute Gasteiger partial charge is 0.280 e. The van der Waals surface area contributed by atoms with Crippen LogP contribution in [0, 0.1) is 0 Å². The summed E-state index contributed by atoms with van der Waals surface area (Å²) in [6.07, 6.45) is 0. The van der Waals surface area contributed by atoms with Crippen molar-refractivity contribution in [3.63, 3.8) is 0 Å². The first-order chi connectivity index (χ1) is 10.5. The molecule has 1 saturated heterocycles. The number of nitrogens with zero attached hydrogens (tertiary/aromatic N) is 1. The molecule has 7 nitrogen and oxygen atoms in total. The van der Waals surface area contributed by atoms with E-state index in [1.165, 1.54) is 4.31 Å². The highest BCUT2D eigenvalue weighted by molar-refractivity contribution is 7.87. The van der Waals surface area contributed by atoms with Crippen LogP contribution in [0.2, 0.25) is 0 Å². The number of hydrogen-bond donors (Lipinski definition) is 1. The molecule has 1 aromatic rings. The van der Waals surface area contributed by atoms with Crippen molar-refractivity contribution in [2.24, 2.45) is 0 Å². The average molecular weight is 330 g/mol. The zero-order chi connectivity index (χ0) is 16.2. The van der Waals surface area contributed by atoms with Crippen molar-refractivity contribution < 1.29 is 22.6 Å². The molecule has 0 amide bonds. The quantitative estimate of drug-likeness (QED) is 0.840. The van der Waals surface area contributed by atoms with Gasteiger partial charge in [0.2, 0.25) is 0 Å². The number of methoxy groups -OCH3 is 2. The topological polar surface area (TPSA) is 77.1 Å². The molecular formula is C14H22N2O5S. The number of morpholine rings is 1. The summed E-state index contributed by atoms with van der Waals surface area (Å²) in [7, 11) is -0.455. The van der Waals surface area contributed by atoms with Crippen LogP contribution in [0.4, 0.5) is 0 Å². The first-order valence-electron chi connectivity index (χ1n) is 7.05. The summed E-state index contributed by atoms with van der Waals surface area (Å²) < 4.78 is 44.6. The van der Waals surface area contributed by atoms with Crippen LogP contribution in [-0.2, 0) is 14.9 Å². The fraction of sp³-hybridized carbons (Fsp3) is 0.571. The monoisotopic (exact) mass is 330 g/mol. The summed E-state index contributed by atoms with van der Waals surface area (Å²) in [6, 6.07) is 4.85. The van der Waals surface area contributed by atoms with Gasteiger partial charge in [0.15, 0.2) is 0 Å². The minimum atomic E-state index is -3.57. The molecule has 0 bridgehead atoms. The standard InChI is InChI=1S/C14H22N2O5S/c1-11(13-10-12(19-2)4-5-14(13)20-3)15-22(17,18)16-6-8-21-9-7-16/h4-5,10-11,15H,6-9H2,1-3H3/t11-/m0/s1. The number of rotatable bonds is 6. The normalized spacial score (nSPS) is 18.0. The molecule has 124 valence electrons. The second-order valence-electron chi connectivity index (χ2n) is 4.96. The Morgan fingerprint density at radius 3 is 2.50 bits per heavy atom. The summed E-state index contributed by atoms with van der Waals surface area (Å²) in [5, 5.41) is 0. The predicted molar refractivity (Wildman–Crippen MR) is 82.4 cm³/mol. The van der Waals surface area contributed by atoms with Gasteiger partial charge in [-0.25, -0.2) is 0 Å². The summed E-state index contributed by atoms with van der Waals surface area (Å²) in [5.74, 6) is 1.26. The highest BCUT2D eigenvalue weighted by Gasteiger charge is 2.27. The van der Waals surface area contributed by atoms with E-state index in [2.05, 4.69) is 4.72 Å². The van der Waals surface area contributed by atoms with Crippen molar-refractivity contribution >= 4 is 10.2 Å². The summed E-state index contributed by atoms with van der Waals surface area (Å²) in [6.45, 7) is 3.32. The van der Waals surface area contributed by atoms with Gasteiger partial charge in [0, 0.05) is 24.7 Å². The maximum absolute atomic E-state index is 12.4. The van der Waals surface area contributed by atoms with Crippen molar-refractivity contribution in [1.29, 1.82) is 0 Å². The summed E-state index contributed by atoms with van der Waals surface area (Å²) >= 11 is 0. The molecule has 1 aliphatic heterocycles. The summed E-state index contributed by atoms with van der Waals surface area (Å²) in [5.41, 5.74) is 0.721. The lowest BCUT2D eigenvalue weighted by atomic mass is 10.1. The van der Waals surface area contributed by atoms with Crippen molar-refractivity contribution in [1.82, 2.24) is 9.03 Å². The Morgan fingerprint density at radius 2 is 1.91 bits per heavy atom. The maximum Gasteiger partial charge on any atom is 0.280 e. The lowest BCUT2D eigenvalue weighted by Gasteiger charge is -2.28. The lowest BCUT2D eigenvalue weighted by Crippen LogP contribution is -2.47. The zero-order valence-electron chi connectivity index (χ0n) is 13.0. The van der Waals surface area contributed by atoms with E-state index in [1.54, 1.807) is 39.3 Å². The molecule has 1 atom stereocenters. The molecule has 0 radical (unpaired) electrons. The van der Waals surface area contributed by atoms with Gasteiger partial charge < -0.3 is 14.2 Å². The van der Waals surface area contributed by atoms with E-state index in [-0.39, 0.29) is 0 Å². The molecule has 0 aliphatic carbocycles. The highest BCUT2D eigenvalue weighted by atomic mass is 32.2. The minimum Gasteiger partial charge on any atom is -0.497 e. The summed E-state index contributed by atoms with van der Waals surface area (Å²) in [4.78, 5) is 0. The van der Waals surface area contributed by atoms with Gasteiger partial charge in [-0.3, -0.25) is 0 Å². The molecule has 0 aromatic heterocycles. The first-order valence-corrected chi connectivity index (χ1v) is 8.49. The van der Waals surface area contributed by atoms with Crippen LogP contribution < -0.4 is 14.2 Å². The van der Waals surface area contributed by atoms with Crippen LogP contribution in [0.25, 0.3) is 0 Å². The molecule has 0 spiro atoms. The van der Waals surface area contributed by atoms with Crippen LogP contribution in [0.3, 0.4) is 0 Å². The Hall–Kier alpha value is -1.35. The van der Waals surface area contributed by atoms with Gasteiger partial charge in [0.05, 0.1) is 27.4 Å². The van der Waals surface area contributed by atoms with Crippen LogP contribution in [0.1, 0.15) is 18.5 Å². The van der Waals surface area contributed by atoms with Gasteiger partial charge in [0.1, 0.15) is 11.5 Å². The van der Waals surface area contributed by atoms with Crippen LogP contribution in [0.15, 0.2) is 18.2 Å². The molecule has 22 heavy (non-hydrogen) atoms. The first kappa shape index (κ1) is 17.0. The van der Waals surface area contributed by atoms with Gasteiger partial charge in [-0.2, -0.15) is 17.4 Å². The highest BCUT2D eigenvalue weighted by Crippen LogP contribution is 2.29. The van der Waals surface area contributed by atoms with Crippen molar-refractivity contribution in [3.8, 4) is 11.5 Å². The Kier molecular flexibility index (Phi) is 5.63. The average Bonchev–Trinajstić information content (AvgIpc) is 2.54. The SMILES string of the molecule is COc1ccc(OC)c([C@H](C)NS(=O)(=O)N2CCOCC2)c1. The lowest BCUT2D eigenvalue weighted by molar-refractivity contribution is 0.0723. The van der Waals surface area contributed by atoms with Crippen molar-refractivity contribution in [3.05, 3.63) is 23.8 Å². The Bertz CT molecular complexity index is 599. The third kappa shape index (κ3) is 3.89. The van der Waals surface area contributed by atoms with Gasteiger partial charge >= 0.3 is 0 Å². The third-order valence-corrected chi connectivity index (χ3v) is 5.24. The largest absolute Gasteiger partial charge is 0.497 e. The van der Waals surface area contributed by atoms with E-state index in [4.69, 9.17) is 14.2 Å². The van der Waals surface area contributed by atoms with Crippen LogP contribution >= 0.6 is 0 Å². The molecular weight excluding hydrogens is 308 g/mol. The van der Waals surface area contributed by atoms with Crippen LogP contribution in [-0.4, -0.2) is 53.2 Å². The molecule has 1 aromatic carbocycles. The molecule has 0 saturated carbocycles. The Morgan fingerprint density at radius 1 is 1.23 bits per heavy atom. The molecule has 8 heteroatoms. The fourth-order valence-electron chi connectivity index (χ4n) is 2.33. The van der Waals surface area contributed by atoms with Gasteiger partial charge in [-0.1, -0.05) is 0 Å². The number of nitrogens with one attached hydrogen (secondary N) is 1. The van der Waals surface area contributed by atoms with E-state index >= 15 is 0 Å². The molecule has 1 aliphatic rings. The fourth-order valence-corrected chi connectivity index (χ4v) is 3.68. The molecule has 1 fully saturated rings. The van der Waals surface area contributed by atoms with Crippen LogP contribution in [0.5, 0.6) is 11.5 Å². The second-order valence-corrected chi connectivity index (χ2v) is 6.67. The Labute approximate surface area is 131 Å². The van der Waals surface area contributed by atoms with Crippen molar-refractivity contribution in [2.45, 2.75) is 13.0 Å². The number of hydrogen-bond acceptors (Lipinski definition) is 5. The van der Waals surface area contributed by atoms with Gasteiger partial charge in [-0.15, -0.1) is 0 Å². The molecule has 1 heterocycles. The minimum absolute atomic E-state index is 0.358. The van der Waals surface area contributed by atoms with E-state index in [0.717, 1.165) is 5.56 Å². The Balaban J connectivity index is 2.18. The van der Waals surface area contributed by atoms with Gasteiger partial charge in [-0.05, 0) is 25.1 Å². The van der Waals surface area contributed by atoms with E-state index in [9.17, 15) is 8.42 Å². The molecule has 0 unspecified atom stereocenters. The second kappa shape index (κ2) is 7.28. The van der Waals surface area contributed by atoms with Gasteiger partial charge in [0.25, 0.3) is 10.2 Å². The maximum atomic E-state index is 12.4. The predicted octanol–water partition coefficient (Wildman–Crippen LogP) is 0.931. The third-order valence-electron chi connectivity index (χ3n) is 3.54. The molecule has 2 rings (SSSR count). The molecule has 1 N–H and O–H groups in total.